The van der Waals surface area contributed by atoms with Gasteiger partial charge in [-0.1, -0.05) is 18.2 Å². The predicted octanol–water partition coefficient (Wildman–Crippen LogP) is 4.29. The van der Waals surface area contributed by atoms with Gasteiger partial charge in [0.1, 0.15) is 0 Å². The van der Waals surface area contributed by atoms with Crippen molar-refractivity contribution in [2.75, 3.05) is 34.2 Å². The van der Waals surface area contributed by atoms with Crippen LogP contribution in [0.4, 0.5) is 4.79 Å². The number of hydrogen-bond donors (Lipinski definition) is 0. The van der Waals surface area contributed by atoms with E-state index in [-0.39, 0.29) is 43.8 Å². The number of esters is 1. The van der Waals surface area contributed by atoms with Crippen molar-refractivity contribution < 1.29 is 42.7 Å². The van der Waals surface area contributed by atoms with Gasteiger partial charge >= 0.3 is 17.8 Å². The van der Waals surface area contributed by atoms with E-state index < -0.39 is 23.9 Å². The molecule has 0 N–H and O–H groups in total. The van der Waals surface area contributed by atoms with E-state index in [4.69, 9.17) is 33.2 Å². The van der Waals surface area contributed by atoms with E-state index >= 15 is 0 Å². The summed E-state index contributed by atoms with van der Waals surface area (Å²) in [6.07, 6.45) is -1.94. The second-order valence-electron chi connectivity index (χ2n) is 9.08. The third kappa shape index (κ3) is 5.30. The average Bonchev–Trinajstić information content (AvgIpc) is 3.57. The van der Waals surface area contributed by atoms with E-state index in [1.54, 1.807) is 68.4 Å². The highest BCUT2D eigenvalue weighted by Gasteiger charge is 2.30. The van der Waals surface area contributed by atoms with Gasteiger partial charge in [-0.15, -0.1) is 0 Å². The first-order chi connectivity index (χ1) is 20.4. The van der Waals surface area contributed by atoms with Crippen LogP contribution in [-0.4, -0.2) is 55.4 Å². The average molecular weight is 579 g/mol. The van der Waals surface area contributed by atoms with E-state index in [2.05, 4.69) is 0 Å². The first kappa shape index (κ1) is 28.4. The van der Waals surface area contributed by atoms with Gasteiger partial charge in [0.25, 0.3) is 0 Å². The number of nitrogens with zero attached hydrogens (tertiary/aromatic N) is 2. The molecule has 1 aromatic heterocycles. The molecule has 0 fully saturated rings. The van der Waals surface area contributed by atoms with Crippen LogP contribution in [0.15, 0.2) is 59.4 Å². The Morgan fingerprint density at radius 1 is 0.881 bits per heavy atom. The summed E-state index contributed by atoms with van der Waals surface area (Å²) in [5.74, 6) is 1.07. The molecule has 0 radical (unpaired) electrons. The van der Waals surface area contributed by atoms with Crippen LogP contribution in [0.25, 0.3) is 11.0 Å². The number of ether oxygens (including phenoxy) is 7. The number of para-hydroxylation sites is 2. The van der Waals surface area contributed by atoms with Crippen LogP contribution in [0.5, 0.6) is 28.7 Å². The number of rotatable bonds is 10. The lowest BCUT2D eigenvalue weighted by atomic mass is 10.1. The Labute approximate surface area is 240 Å². The molecule has 1 unspecified atom stereocenters. The number of hydrogen-bond acceptors (Lipinski definition) is 10. The number of benzene rings is 3. The molecule has 42 heavy (non-hydrogen) atoms. The van der Waals surface area contributed by atoms with Crippen LogP contribution < -0.4 is 29.4 Å². The van der Waals surface area contributed by atoms with Crippen LogP contribution in [-0.2, 0) is 20.8 Å². The second-order valence-corrected chi connectivity index (χ2v) is 9.08. The Balaban J connectivity index is 1.54. The molecule has 5 rings (SSSR count). The molecular formula is C30H30N2O10. The zero-order chi connectivity index (χ0) is 29.8. The molecule has 0 saturated heterocycles. The van der Waals surface area contributed by atoms with Crippen LogP contribution in [0.3, 0.4) is 0 Å². The molecule has 1 aliphatic rings. The fraction of sp³-hybridized carbons (Fsp3) is 0.300. The van der Waals surface area contributed by atoms with Gasteiger partial charge in [-0.05, 0) is 55.8 Å². The molecule has 0 spiro atoms. The summed E-state index contributed by atoms with van der Waals surface area (Å²) < 4.78 is 41.2. The fourth-order valence-electron chi connectivity index (χ4n) is 4.71. The SMILES string of the molecule is CCOC(=O)C(Oc1c(OC)cc(Cn2c(=O)n(C(=O)OCC)c3ccccc32)cc1OC)c1ccc2c(c1)OCO2. The van der Waals surface area contributed by atoms with Gasteiger partial charge in [0.05, 0.1) is 45.0 Å². The summed E-state index contributed by atoms with van der Waals surface area (Å²) >= 11 is 0. The minimum atomic E-state index is -1.18. The highest BCUT2D eigenvalue weighted by molar-refractivity contribution is 5.87. The standard InChI is InChI=1S/C30H30N2O10/c1-5-38-28(33)26(19-11-12-22-23(15-19)41-17-40-22)42-27-24(36-3)13-18(14-25(27)37-4)16-31-20-9-7-8-10-21(20)32(29(31)34)30(35)39-6-2/h7-15,26H,5-6,16-17H2,1-4H3. The first-order valence-electron chi connectivity index (χ1n) is 13.2. The normalized spacial score (nSPS) is 12.6. The second kappa shape index (κ2) is 12.2. The van der Waals surface area contributed by atoms with Crippen molar-refractivity contribution in [3.63, 3.8) is 0 Å². The molecule has 1 atom stereocenters. The van der Waals surface area contributed by atoms with Crippen LogP contribution in [0, 0.1) is 0 Å². The molecule has 12 heteroatoms. The van der Waals surface area contributed by atoms with Gasteiger partial charge < -0.3 is 33.2 Å². The number of methoxy groups -OCH3 is 2. The maximum atomic E-state index is 13.4. The Morgan fingerprint density at radius 2 is 1.55 bits per heavy atom. The van der Waals surface area contributed by atoms with Crippen molar-refractivity contribution in [2.45, 2.75) is 26.5 Å². The van der Waals surface area contributed by atoms with E-state index in [0.717, 1.165) is 4.57 Å². The van der Waals surface area contributed by atoms with E-state index in [9.17, 15) is 14.4 Å². The summed E-state index contributed by atoms with van der Waals surface area (Å²) in [5, 5.41) is 0. The first-order valence-corrected chi connectivity index (χ1v) is 13.2. The van der Waals surface area contributed by atoms with Crippen molar-refractivity contribution in [1.29, 1.82) is 0 Å². The molecule has 1 aliphatic heterocycles. The number of fused-ring (bicyclic) bond motifs is 2. The fourth-order valence-corrected chi connectivity index (χ4v) is 4.71. The number of carbonyl (C=O) groups excluding carboxylic acids is 2. The molecular weight excluding hydrogens is 548 g/mol. The molecule has 0 bridgehead atoms. The molecule has 220 valence electrons. The lowest BCUT2D eigenvalue weighted by molar-refractivity contribution is -0.151. The monoisotopic (exact) mass is 578 g/mol. The summed E-state index contributed by atoms with van der Waals surface area (Å²) in [7, 11) is 2.90. The lowest BCUT2D eigenvalue weighted by Gasteiger charge is -2.22. The van der Waals surface area contributed by atoms with Gasteiger partial charge in [-0.2, -0.15) is 4.57 Å². The zero-order valence-electron chi connectivity index (χ0n) is 23.6. The van der Waals surface area contributed by atoms with Crippen LogP contribution in [0.2, 0.25) is 0 Å². The van der Waals surface area contributed by atoms with E-state index in [1.165, 1.54) is 18.8 Å². The largest absolute Gasteiger partial charge is 0.493 e. The predicted molar refractivity (Wildman–Crippen MR) is 150 cm³/mol. The van der Waals surface area contributed by atoms with Crippen LogP contribution >= 0.6 is 0 Å². The Morgan fingerprint density at radius 3 is 2.21 bits per heavy atom. The maximum absolute atomic E-state index is 13.4. The van der Waals surface area contributed by atoms with Crippen molar-refractivity contribution in [2.24, 2.45) is 0 Å². The Hall–Kier alpha value is -5.13. The van der Waals surface area contributed by atoms with Crippen molar-refractivity contribution in [3.05, 3.63) is 76.2 Å². The summed E-state index contributed by atoms with van der Waals surface area (Å²) in [6, 6.07) is 15.3. The lowest BCUT2D eigenvalue weighted by Crippen LogP contribution is -2.30. The van der Waals surface area contributed by atoms with Gasteiger partial charge in [0.15, 0.2) is 23.0 Å². The zero-order valence-corrected chi connectivity index (χ0v) is 23.6. The summed E-state index contributed by atoms with van der Waals surface area (Å²) in [4.78, 5) is 39.0. The Bertz CT molecular complexity index is 1660. The molecule has 12 nitrogen and oxygen atoms in total. The van der Waals surface area contributed by atoms with Gasteiger partial charge in [-0.3, -0.25) is 4.57 Å². The minimum absolute atomic E-state index is 0.0716. The minimum Gasteiger partial charge on any atom is -0.493 e. The van der Waals surface area contributed by atoms with Crippen LogP contribution in [0.1, 0.15) is 31.1 Å². The Kier molecular flexibility index (Phi) is 8.23. The van der Waals surface area contributed by atoms with E-state index in [1.807, 2.05) is 0 Å². The summed E-state index contributed by atoms with van der Waals surface area (Å²) in [5.41, 5.74) is 1.49. The highest BCUT2D eigenvalue weighted by atomic mass is 16.7. The van der Waals surface area contributed by atoms with Gasteiger partial charge in [0, 0.05) is 5.56 Å². The third-order valence-corrected chi connectivity index (χ3v) is 6.58. The van der Waals surface area contributed by atoms with E-state index in [0.29, 0.717) is 33.7 Å². The molecule has 4 aromatic rings. The molecule has 2 heterocycles. The van der Waals surface area contributed by atoms with Crippen molar-refractivity contribution >= 4 is 23.1 Å². The number of imidazole rings is 1. The maximum Gasteiger partial charge on any atom is 0.422 e. The van der Waals surface area contributed by atoms with Crippen molar-refractivity contribution in [3.8, 4) is 28.7 Å². The quantitative estimate of drug-likeness (QED) is 0.252. The smallest absolute Gasteiger partial charge is 0.422 e. The van der Waals surface area contributed by atoms with Gasteiger partial charge in [-0.25, -0.2) is 14.4 Å². The van der Waals surface area contributed by atoms with Gasteiger partial charge in [0.2, 0.25) is 18.6 Å². The topological polar surface area (TPSA) is 126 Å². The molecule has 0 aliphatic carbocycles. The molecule has 0 saturated carbocycles. The molecule has 3 aromatic carbocycles. The number of aromatic nitrogens is 2. The third-order valence-electron chi connectivity index (χ3n) is 6.58. The number of carbonyl (C=O) groups is 2. The highest BCUT2D eigenvalue weighted by Crippen LogP contribution is 2.43. The summed E-state index contributed by atoms with van der Waals surface area (Å²) in [6.45, 7) is 3.79. The molecule has 0 amide bonds. The van der Waals surface area contributed by atoms with Crippen molar-refractivity contribution in [1.82, 2.24) is 9.13 Å².